The van der Waals surface area contributed by atoms with Gasteiger partial charge in [0.15, 0.2) is 5.96 Å². The Balaban J connectivity index is 1.52. The molecule has 2 aromatic heterocycles. The van der Waals surface area contributed by atoms with Crippen molar-refractivity contribution in [2.24, 2.45) is 4.99 Å². The molecule has 7 nitrogen and oxygen atoms in total. The number of amides is 1. The van der Waals surface area contributed by atoms with E-state index >= 15 is 0 Å². The zero-order chi connectivity index (χ0) is 18.9. The fraction of sp³-hybridized carbons (Fsp3) is 0.474. The number of carbonyl (C=O) groups excluding carboxylic acids is 1. The average molecular weight is 391 g/mol. The van der Waals surface area contributed by atoms with Crippen molar-refractivity contribution in [3.8, 4) is 0 Å². The number of carbonyl (C=O) groups is 1. The normalized spacial score (nSPS) is 15.6. The van der Waals surface area contributed by atoms with Crippen molar-refractivity contribution >= 4 is 23.4 Å². The fourth-order valence-electron chi connectivity index (χ4n) is 3.00. The summed E-state index contributed by atoms with van der Waals surface area (Å²) in [6.07, 6.45) is 3.97. The lowest BCUT2D eigenvalue weighted by Crippen LogP contribution is -2.50. The number of nitrogens with one attached hydrogen (secondary N) is 2. The third-order valence-electron chi connectivity index (χ3n) is 4.49. The summed E-state index contributed by atoms with van der Waals surface area (Å²) in [4.78, 5) is 19.3. The van der Waals surface area contributed by atoms with Crippen molar-refractivity contribution < 1.29 is 13.9 Å². The van der Waals surface area contributed by atoms with Gasteiger partial charge in [-0.3, -0.25) is 0 Å². The van der Waals surface area contributed by atoms with Crippen LogP contribution in [-0.2, 0) is 17.7 Å². The Labute approximate surface area is 163 Å². The molecule has 0 radical (unpaired) electrons. The minimum absolute atomic E-state index is 0.253. The lowest BCUT2D eigenvalue weighted by Gasteiger charge is -2.32. The highest BCUT2D eigenvalue weighted by atomic mass is 32.1. The molecule has 146 valence electrons. The first-order valence-corrected chi connectivity index (χ1v) is 10.0. The van der Waals surface area contributed by atoms with Crippen LogP contribution in [0.15, 0.2) is 45.3 Å². The van der Waals surface area contributed by atoms with Gasteiger partial charge in [-0.25, -0.2) is 9.79 Å². The van der Waals surface area contributed by atoms with Crippen LogP contribution in [0.2, 0.25) is 0 Å². The second-order valence-electron chi connectivity index (χ2n) is 6.38. The first kappa shape index (κ1) is 19.3. The maximum absolute atomic E-state index is 11.6. The molecule has 1 saturated heterocycles. The van der Waals surface area contributed by atoms with Crippen molar-refractivity contribution in [3.05, 3.63) is 46.5 Å². The predicted molar refractivity (Wildman–Crippen MR) is 106 cm³/mol. The van der Waals surface area contributed by atoms with E-state index in [9.17, 15) is 4.79 Å². The maximum atomic E-state index is 11.6. The van der Waals surface area contributed by atoms with Gasteiger partial charge in [0.05, 0.1) is 19.9 Å². The lowest BCUT2D eigenvalue weighted by atomic mass is 10.1. The topological polar surface area (TPSA) is 79.1 Å². The maximum Gasteiger partial charge on any atom is 0.409 e. The SMILES string of the molecule is COC(=O)N1CCC(NC(=NCc2cccs2)NCCc2ccco2)CC1. The first-order chi connectivity index (χ1) is 13.2. The number of hydrogen-bond acceptors (Lipinski definition) is 5. The van der Waals surface area contributed by atoms with Gasteiger partial charge in [-0.15, -0.1) is 11.3 Å². The number of rotatable bonds is 6. The van der Waals surface area contributed by atoms with E-state index in [1.54, 1.807) is 22.5 Å². The number of ether oxygens (including phenoxy) is 1. The molecule has 2 N–H and O–H groups in total. The van der Waals surface area contributed by atoms with Gasteiger partial charge in [0, 0.05) is 37.0 Å². The van der Waals surface area contributed by atoms with Gasteiger partial charge in [0.2, 0.25) is 0 Å². The summed E-state index contributed by atoms with van der Waals surface area (Å²) < 4.78 is 10.2. The van der Waals surface area contributed by atoms with Crippen LogP contribution in [0, 0.1) is 0 Å². The highest BCUT2D eigenvalue weighted by molar-refractivity contribution is 7.09. The van der Waals surface area contributed by atoms with Crippen LogP contribution < -0.4 is 10.6 Å². The molecule has 0 spiro atoms. The summed E-state index contributed by atoms with van der Waals surface area (Å²) in [6.45, 7) is 2.77. The van der Waals surface area contributed by atoms with E-state index in [1.165, 1.54) is 12.0 Å². The van der Waals surface area contributed by atoms with Gasteiger partial charge < -0.3 is 24.7 Å². The molecule has 0 unspecified atom stereocenters. The molecule has 0 atom stereocenters. The smallest absolute Gasteiger partial charge is 0.409 e. The lowest BCUT2D eigenvalue weighted by molar-refractivity contribution is 0.111. The minimum Gasteiger partial charge on any atom is -0.469 e. The molecule has 27 heavy (non-hydrogen) atoms. The molecule has 3 heterocycles. The van der Waals surface area contributed by atoms with Crippen molar-refractivity contribution in [2.75, 3.05) is 26.7 Å². The van der Waals surface area contributed by atoms with Crippen LogP contribution >= 0.6 is 11.3 Å². The number of piperidine rings is 1. The summed E-state index contributed by atoms with van der Waals surface area (Å²) in [5, 5.41) is 8.96. The first-order valence-electron chi connectivity index (χ1n) is 9.17. The quantitative estimate of drug-likeness (QED) is 0.586. The molecule has 0 aromatic carbocycles. The number of likely N-dealkylation sites (tertiary alicyclic amines) is 1. The van der Waals surface area contributed by atoms with Crippen LogP contribution in [0.4, 0.5) is 4.79 Å². The summed E-state index contributed by atoms with van der Waals surface area (Å²) in [7, 11) is 1.42. The number of hydrogen-bond donors (Lipinski definition) is 2. The molecule has 3 rings (SSSR count). The number of aliphatic imine (C=N–C) groups is 1. The van der Waals surface area contributed by atoms with Crippen LogP contribution in [0.1, 0.15) is 23.5 Å². The van der Waals surface area contributed by atoms with Crippen LogP contribution in [-0.4, -0.2) is 49.7 Å². The Morgan fingerprint density at radius 2 is 2.22 bits per heavy atom. The number of nitrogens with zero attached hydrogens (tertiary/aromatic N) is 2. The van der Waals surface area contributed by atoms with E-state index in [4.69, 9.17) is 14.1 Å². The van der Waals surface area contributed by atoms with Crippen LogP contribution in [0.5, 0.6) is 0 Å². The zero-order valence-electron chi connectivity index (χ0n) is 15.5. The number of furan rings is 1. The largest absolute Gasteiger partial charge is 0.469 e. The van der Waals surface area contributed by atoms with Crippen molar-refractivity contribution in [3.63, 3.8) is 0 Å². The molecule has 8 heteroatoms. The van der Waals surface area contributed by atoms with Crippen LogP contribution in [0.25, 0.3) is 0 Å². The third-order valence-corrected chi connectivity index (χ3v) is 5.35. The Morgan fingerprint density at radius 1 is 1.37 bits per heavy atom. The van der Waals surface area contributed by atoms with Gasteiger partial charge >= 0.3 is 6.09 Å². The molecule has 2 aromatic rings. The third kappa shape index (κ3) is 6.02. The molecule has 1 fully saturated rings. The van der Waals surface area contributed by atoms with E-state index in [1.807, 2.05) is 18.2 Å². The molecule has 1 amide bonds. The Morgan fingerprint density at radius 3 is 2.89 bits per heavy atom. The van der Waals surface area contributed by atoms with Crippen LogP contribution in [0.3, 0.4) is 0 Å². The average Bonchev–Trinajstić information content (AvgIpc) is 3.40. The molecular weight excluding hydrogens is 364 g/mol. The Bertz CT molecular complexity index is 707. The standard InChI is InChI=1S/C19H26N4O3S/c1-25-19(24)23-10-7-15(8-11-23)22-18(21-14-17-5-3-13-27-17)20-9-6-16-4-2-12-26-16/h2-5,12-13,15H,6-11,14H2,1H3,(H2,20,21,22). The number of thiophene rings is 1. The van der Waals surface area contributed by atoms with E-state index in [0.29, 0.717) is 19.6 Å². The highest BCUT2D eigenvalue weighted by Crippen LogP contribution is 2.12. The number of guanidine groups is 1. The predicted octanol–water partition coefficient (Wildman–Crippen LogP) is 2.85. The van der Waals surface area contributed by atoms with Crippen molar-refractivity contribution in [1.29, 1.82) is 0 Å². The van der Waals surface area contributed by atoms with E-state index in [-0.39, 0.29) is 12.1 Å². The minimum atomic E-state index is -0.253. The van der Waals surface area contributed by atoms with E-state index in [2.05, 4.69) is 22.1 Å². The molecule has 0 aliphatic carbocycles. The van der Waals surface area contributed by atoms with Gasteiger partial charge in [0.25, 0.3) is 0 Å². The van der Waals surface area contributed by atoms with Gasteiger partial charge in [-0.1, -0.05) is 6.07 Å². The zero-order valence-corrected chi connectivity index (χ0v) is 16.3. The number of methoxy groups -OCH3 is 1. The van der Waals surface area contributed by atoms with E-state index in [0.717, 1.165) is 37.5 Å². The Hall–Kier alpha value is -2.48. The summed E-state index contributed by atoms with van der Waals surface area (Å²) >= 11 is 1.70. The van der Waals surface area contributed by atoms with E-state index < -0.39 is 0 Å². The molecule has 0 saturated carbocycles. The fourth-order valence-corrected chi connectivity index (χ4v) is 3.63. The van der Waals surface area contributed by atoms with Gasteiger partial charge in [-0.05, 0) is 36.4 Å². The van der Waals surface area contributed by atoms with Crippen molar-refractivity contribution in [2.45, 2.75) is 31.8 Å². The summed E-state index contributed by atoms with van der Waals surface area (Å²) in [5.41, 5.74) is 0. The molecule has 1 aliphatic heterocycles. The summed E-state index contributed by atoms with van der Waals surface area (Å²) in [5.74, 6) is 1.75. The second kappa shape index (κ2) is 10.0. The summed E-state index contributed by atoms with van der Waals surface area (Å²) in [6, 6.07) is 8.28. The highest BCUT2D eigenvalue weighted by Gasteiger charge is 2.23. The molecular formula is C19H26N4O3S. The van der Waals surface area contributed by atoms with Crippen molar-refractivity contribution in [1.82, 2.24) is 15.5 Å². The second-order valence-corrected chi connectivity index (χ2v) is 7.41. The van der Waals surface area contributed by atoms with Gasteiger partial charge in [0.1, 0.15) is 5.76 Å². The Kier molecular flexibility index (Phi) is 7.15. The monoisotopic (exact) mass is 390 g/mol. The molecule has 1 aliphatic rings. The molecule has 0 bridgehead atoms. The van der Waals surface area contributed by atoms with Gasteiger partial charge in [-0.2, -0.15) is 0 Å².